The number of methoxy groups -OCH3 is 1. The first-order valence-electron chi connectivity index (χ1n) is 13.6. The van der Waals surface area contributed by atoms with E-state index >= 15 is 0 Å². The lowest BCUT2D eigenvalue weighted by Gasteiger charge is -2.27. The lowest BCUT2D eigenvalue weighted by molar-refractivity contribution is -0.128. The number of benzene rings is 3. The van der Waals surface area contributed by atoms with Gasteiger partial charge in [-0.05, 0) is 68.4 Å². The predicted octanol–water partition coefficient (Wildman–Crippen LogP) is 4.34. The Labute approximate surface area is 248 Å². The van der Waals surface area contributed by atoms with E-state index < -0.39 is 12.1 Å². The summed E-state index contributed by atoms with van der Waals surface area (Å²) in [6.07, 6.45) is 0.839. The van der Waals surface area contributed by atoms with Crippen molar-refractivity contribution in [2.24, 2.45) is 0 Å². The molecule has 0 aliphatic carbocycles. The Hall–Kier alpha value is -3.76. The number of anilines is 2. The van der Waals surface area contributed by atoms with Crippen LogP contribution < -0.4 is 25.2 Å². The maximum Gasteiger partial charge on any atom is 0.251 e. The predicted molar refractivity (Wildman–Crippen MR) is 163 cm³/mol. The minimum absolute atomic E-state index is 0.0117. The summed E-state index contributed by atoms with van der Waals surface area (Å²) in [6, 6.07) is 15.4. The van der Waals surface area contributed by atoms with Crippen LogP contribution in [0, 0.1) is 0 Å². The van der Waals surface area contributed by atoms with Gasteiger partial charge in [0.15, 0.2) is 0 Å². The van der Waals surface area contributed by atoms with Crippen LogP contribution in [0.1, 0.15) is 38.7 Å². The molecule has 3 aromatic rings. The zero-order valence-electron chi connectivity index (χ0n) is 23.7. The fourth-order valence-electron chi connectivity index (χ4n) is 5.00. The van der Waals surface area contributed by atoms with E-state index in [4.69, 9.17) is 4.74 Å². The first-order valence-corrected chi connectivity index (χ1v) is 14.4. The lowest BCUT2D eigenvalue weighted by Crippen LogP contribution is -2.55. The van der Waals surface area contributed by atoms with Crippen LogP contribution in [0.4, 0.5) is 11.4 Å². The van der Waals surface area contributed by atoms with Gasteiger partial charge in [0.25, 0.3) is 5.91 Å². The maximum atomic E-state index is 14.3. The van der Waals surface area contributed by atoms with Crippen molar-refractivity contribution in [1.29, 1.82) is 0 Å². The van der Waals surface area contributed by atoms with Crippen LogP contribution >= 0.6 is 15.9 Å². The molecule has 0 aromatic heterocycles. The number of halogens is 1. The molecule has 1 heterocycles. The zero-order valence-corrected chi connectivity index (χ0v) is 25.3. The van der Waals surface area contributed by atoms with Crippen LogP contribution in [0.2, 0.25) is 0 Å². The quantitative estimate of drug-likeness (QED) is 0.348. The summed E-state index contributed by atoms with van der Waals surface area (Å²) in [5, 5.41) is 7.65. The highest BCUT2D eigenvalue weighted by molar-refractivity contribution is 9.10. The van der Waals surface area contributed by atoms with Gasteiger partial charge < -0.3 is 30.0 Å². The SMILES string of the molecule is CN[C@@H](C)C(=O)N[C@H]1CN(C(=O)CCCC(C)=O)c2ccccc2N(Cc2c(OC)ccc3cc(Br)ccc23)C1=O. The second kappa shape index (κ2) is 13.3. The van der Waals surface area contributed by atoms with Crippen molar-refractivity contribution in [2.45, 2.75) is 51.7 Å². The number of para-hydroxylation sites is 2. The maximum absolute atomic E-state index is 14.3. The number of amides is 3. The van der Waals surface area contributed by atoms with Crippen LogP contribution in [-0.2, 0) is 25.7 Å². The van der Waals surface area contributed by atoms with Gasteiger partial charge in [-0.2, -0.15) is 0 Å². The standard InChI is InChI=1S/C31H35BrN4O5/c1-19(37)8-7-11-29(38)35-18-25(34-30(39)20(2)33-3)31(40)36(27-10-6-5-9-26(27)35)17-24-23-14-13-22(32)16-21(23)12-15-28(24)41-4/h5-6,9-10,12-16,20,25,33H,7-8,11,17-18H2,1-4H3,(H,34,39)/t20-,25-/m0/s1. The molecule has 2 atom stereocenters. The molecule has 41 heavy (non-hydrogen) atoms. The number of hydrogen-bond acceptors (Lipinski definition) is 6. The van der Waals surface area contributed by atoms with E-state index in [0.29, 0.717) is 30.0 Å². The van der Waals surface area contributed by atoms with Crippen LogP contribution in [0.15, 0.2) is 59.1 Å². The Kier molecular flexibility index (Phi) is 9.77. The highest BCUT2D eigenvalue weighted by Crippen LogP contribution is 2.37. The third kappa shape index (κ3) is 6.77. The normalized spacial score (nSPS) is 15.7. The van der Waals surface area contributed by atoms with E-state index in [1.165, 1.54) is 6.92 Å². The van der Waals surface area contributed by atoms with Gasteiger partial charge in [-0.1, -0.05) is 40.2 Å². The molecule has 0 bridgehead atoms. The van der Waals surface area contributed by atoms with Gasteiger partial charge in [0.2, 0.25) is 11.8 Å². The highest BCUT2D eigenvalue weighted by Gasteiger charge is 2.37. The lowest BCUT2D eigenvalue weighted by atomic mass is 10.0. The number of ether oxygens (including phenoxy) is 1. The third-order valence-electron chi connectivity index (χ3n) is 7.34. The van der Waals surface area contributed by atoms with Gasteiger partial charge in [-0.25, -0.2) is 0 Å². The molecule has 1 aliphatic heterocycles. The average Bonchev–Trinajstić information content (AvgIpc) is 3.07. The highest BCUT2D eigenvalue weighted by atomic mass is 79.9. The molecule has 4 rings (SSSR count). The number of Topliss-reactive ketones (excluding diaryl/α,β-unsaturated/α-hetero) is 1. The molecule has 0 fully saturated rings. The Bertz CT molecular complexity index is 1480. The molecule has 216 valence electrons. The van der Waals surface area contributed by atoms with E-state index in [9.17, 15) is 19.2 Å². The topological polar surface area (TPSA) is 108 Å². The van der Waals surface area contributed by atoms with Gasteiger partial charge in [0.1, 0.15) is 17.6 Å². The van der Waals surface area contributed by atoms with Crippen LogP contribution in [-0.4, -0.2) is 56.3 Å². The summed E-state index contributed by atoms with van der Waals surface area (Å²) in [4.78, 5) is 55.4. The van der Waals surface area contributed by atoms with Crippen molar-refractivity contribution in [2.75, 3.05) is 30.5 Å². The average molecular weight is 624 g/mol. The summed E-state index contributed by atoms with van der Waals surface area (Å²) in [5.74, 6) is -0.284. The van der Waals surface area contributed by atoms with Crippen molar-refractivity contribution in [3.05, 3.63) is 64.6 Å². The first kappa shape index (κ1) is 30.2. The van der Waals surface area contributed by atoms with E-state index in [2.05, 4.69) is 26.6 Å². The summed E-state index contributed by atoms with van der Waals surface area (Å²) in [7, 11) is 3.25. The van der Waals surface area contributed by atoms with Gasteiger partial charge >= 0.3 is 0 Å². The molecule has 3 amide bonds. The smallest absolute Gasteiger partial charge is 0.251 e. The van der Waals surface area contributed by atoms with Crippen LogP contribution in [0.5, 0.6) is 5.75 Å². The number of carbonyl (C=O) groups is 4. The first-order chi connectivity index (χ1) is 19.6. The van der Waals surface area contributed by atoms with E-state index in [1.807, 2.05) is 42.5 Å². The number of rotatable bonds is 10. The summed E-state index contributed by atoms with van der Waals surface area (Å²) in [5.41, 5.74) is 1.91. The molecule has 0 radical (unpaired) electrons. The second-order valence-electron chi connectivity index (χ2n) is 10.2. The fraction of sp³-hybridized carbons (Fsp3) is 0.355. The Morgan fingerprint density at radius 3 is 2.49 bits per heavy atom. The number of ketones is 1. The molecular weight excluding hydrogens is 588 g/mol. The van der Waals surface area contributed by atoms with E-state index in [-0.39, 0.29) is 43.0 Å². The number of nitrogens with one attached hydrogen (secondary N) is 2. The Balaban J connectivity index is 1.82. The number of hydrogen-bond donors (Lipinski definition) is 2. The molecule has 0 saturated heterocycles. The number of nitrogens with zero attached hydrogens (tertiary/aromatic N) is 2. The Morgan fingerprint density at radius 1 is 1.07 bits per heavy atom. The molecule has 1 aliphatic rings. The number of carbonyl (C=O) groups excluding carboxylic acids is 4. The van der Waals surface area contributed by atoms with Crippen molar-refractivity contribution in [1.82, 2.24) is 10.6 Å². The zero-order chi connectivity index (χ0) is 29.7. The van der Waals surface area contributed by atoms with Crippen LogP contribution in [0.25, 0.3) is 10.8 Å². The number of fused-ring (bicyclic) bond motifs is 2. The van der Waals surface area contributed by atoms with Crippen molar-refractivity contribution < 1.29 is 23.9 Å². The molecule has 10 heteroatoms. The molecular formula is C31H35BrN4O5. The van der Waals surface area contributed by atoms with Crippen molar-refractivity contribution >= 4 is 61.6 Å². The molecule has 3 aromatic carbocycles. The molecule has 9 nitrogen and oxygen atoms in total. The van der Waals surface area contributed by atoms with Crippen molar-refractivity contribution in [3.8, 4) is 5.75 Å². The molecule has 0 unspecified atom stereocenters. The Morgan fingerprint density at radius 2 is 1.80 bits per heavy atom. The summed E-state index contributed by atoms with van der Waals surface area (Å²) < 4.78 is 6.65. The molecule has 0 spiro atoms. The number of likely N-dealkylation sites (N-methyl/N-ethyl adjacent to an activating group) is 1. The molecule has 2 N–H and O–H groups in total. The second-order valence-corrected chi connectivity index (χ2v) is 11.1. The minimum atomic E-state index is -1.00. The van der Waals surface area contributed by atoms with Gasteiger partial charge in [0, 0.05) is 22.9 Å². The van der Waals surface area contributed by atoms with E-state index in [0.717, 1.165) is 20.8 Å². The molecule has 0 saturated carbocycles. The van der Waals surface area contributed by atoms with E-state index in [1.54, 1.807) is 43.0 Å². The largest absolute Gasteiger partial charge is 0.496 e. The van der Waals surface area contributed by atoms with Crippen molar-refractivity contribution in [3.63, 3.8) is 0 Å². The van der Waals surface area contributed by atoms with Gasteiger partial charge in [-0.3, -0.25) is 14.4 Å². The van der Waals surface area contributed by atoms with Gasteiger partial charge in [-0.15, -0.1) is 0 Å². The minimum Gasteiger partial charge on any atom is -0.496 e. The third-order valence-corrected chi connectivity index (χ3v) is 7.84. The van der Waals surface area contributed by atoms with Crippen LogP contribution in [0.3, 0.4) is 0 Å². The summed E-state index contributed by atoms with van der Waals surface area (Å²) in [6.45, 7) is 3.31. The fourth-order valence-corrected chi connectivity index (χ4v) is 5.38. The summed E-state index contributed by atoms with van der Waals surface area (Å²) >= 11 is 3.53. The van der Waals surface area contributed by atoms with Gasteiger partial charge in [0.05, 0.1) is 37.6 Å². The monoisotopic (exact) mass is 622 g/mol.